The van der Waals surface area contributed by atoms with Gasteiger partial charge in [0.25, 0.3) is 0 Å². The highest BCUT2D eigenvalue weighted by molar-refractivity contribution is 6.76. The first-order valence-corrected chi connectivity index (χ1v) is 10.2. The lowest BCUT2D eigenvalue weighted by molar-refractivity contribution is 1.78. The van der Waals surface area contributed by atoms with Crippen molar-refractivity contribution in [2.45, 2.75) is 19.6 Å². The molecule has 0 bridgehead atoms. The summed E-state index contributed by atoms with van der Waals surface area (Å²) >= 11 is 0. The van der Waals surface area contributed by atoms with E-state index in [0.29, 0.717) is 0 Å². The third kappa shape index (κ3) is 2.67. The summed E-state index contributed by atoms with van der Waals surface area (Å²) < 4.78 is 0. The molecule has 1 rings (SSSR count). The van der Waals surface area contributed by atoms with Crippen LogP contribution in [0, 0.1) is 0 Å². The Labute approximate surface area is 84.5 Å². The van der Waals surface area contributed by atoms with Gasteiger partial charge >= 0.3 is 0 Å². The van der Waals surface area contributed by atoms with Crippen molar-refractivity contribution in [3.8, 4) is 0 Å². The molecule has 0 saturated carbocycles. The van der Waals surface area contributed by atoms with Crippen LogP contribution in [0.1, 0.15) is 0 Å². The Bertz CT molecular complexity index is 275. The van der Waals surface area contributed by atoms with E-state index in [2.05, 4.69) is 56.2 Å². The molecule has 1 aromatic rings. The molecule has 1 aromatic carbocycles. The molecule has 13 heavy (non-hydrogen) atoms. The van der Waals surface area contributed by atoms with Gasteiger partial charge in [-0.15, -0.1) is 12.3 Å². The fourth-order valence-corrected chi connectivity index (χ4v) is 3.35. The number of hydrogen-bond donors (Lipinski definition) is 0. The molecule has 0 spiro atoms. The Balaban J connectivity index is 2.87. The minimum absolute atomic E-state index is 0.600. The van der Waals surface area contributed by atoms with Crippen LogP contribution in [-0.2, 0) is 0 Å². The second-order valence-corrected chi connectivity index (χ2v) is 9.54. The lowest BCUT2D eigenvalue weighted by Gasteiger charge is -2.07. The molecular weight excluding hydrogens is 188 g/mol. The zero-order valence-corrected chi connectivity index (χ0v) is 11.1. The van der Waals surface area contributed by atoms with Crippen LogP contribution in [0.25, 0.3) is 0 Å². The van der Waals surface area contributed by atoms with Crippen LogP contribution in [0.5, 0.6) is 0 Å². The van der Waals surface area contributed by atoms with E-state index in [4.69, 9.17) is 0 Å². The van der Waals surface area contributed by atoms with Crippen molar-refractivity contribution >= 4 is 28.0 Å². The van der Waals surface area contributed by atoms with E-state index in [9.17, 15) is 0 Å². The van der Waals surface area contributed by atoms with Crippen LogP contribution in [0.2, 0.25) is 19.6 Å². The summed E-state index contributed by atoms with van der Waals surface area (Å²) in [6.45, 7) is 10.9. The Kier molecular flexibility index (Phi) is 3.69. The predicted molar refractivity (Wildman–Crippen MR) is 67.8 cm³/mol. The lowest BCUT2D eigenvalue weighted by atomic mass is 10.4. The molecule has 0 heterocycles. The van der Waals surface area contributed by atoms with Gasteiger partial charge in [0.05, 0.1) is 17.6 Å². The Morgan fingerprint density at radius 2 is 1.46 bits per heavy atom. The molecule has 0 N–H and O–H groups in total. The molecule has 2 heteroatoms. The van der Waals surface area contributed by atoms with Gasteiger partial charge in [0.1, 0.15) is 0 Å². The third-order valence-corrected chi connectivity index (χ3v) is 6.34. The van der Waals surface area contributed by atoms with Crippen molar-refractivity contribution in [1.82, 2.24) is 0 Å². The first kappa shape index (κ1) is 10.5. The highest BCUT2D eigenvalue weighted by atomic mass is 28.3. The zero-order valence-electron chi connectivity index (χ0n) is 8.75. The largest absolute Gasteiger partial charge is 0.107 e. The topological polar surface area (TPSA) is 0 Å². The fourth-order valence-electron chi connectivity index (χ4n) is 1.32. The average Bonchev–Trinajstić information content (AvgIpc) is 2.17. The molecule has 0 amide bonds. The fraction of sp³-hybridized carbons (Fsp3) is 0.273. The summed E-state index contributed by atoms with van der Waals surface area (Å²) in [5, 5.41) is 3.07. The average molecular weight is 206 g/mol. The molecule has 0 saturated heterocycles. The van der Waals surface area contributed by atoms with Crippen LogP contribution in [-0.4, -0.2) is 17.6 Å². The SMILES string of the molecule is C=C[SiH](C)c1ccc([SiH](C)C)cc1. The van der Waals surface area contributed by atoms with Crippen LogP contribution in [0.15, 0.2) is 36.5 Å². The summed E-state index contributed by atoms with van der Waals surface area (Å²) in [4.78, 5) is 0. The van der Waals surface area contributed by atoms with Crippen molar-refractivity contribution in [2.24, 2.45) is 0 Å². The molecule has 0 fully saturated rings. The Morgan fingerprint density at radius 3 is 1.85 bits per heavy atom. The maximum absolute atomic E-state index is 3.86. The molecule has 0 nitrogen and oxygen atoms in total. The van der Waals surface area contributed by atoms with Crippen molar-refractivity contribution < 1.29 is 0 Å². The van der Waals surface area contributed by atoms with E-state index in [1.807, 2.05) is 0 Å². The minimum atomic E-state index is -0.812. The standard InChI is InChI=1S/C11H18Si2/c1-5-13(4)11-8-6-10(7-9-11)12(2)3/h5-9,12-13H,1H2,2-4H3. The second kappa shape index (κ2) is 4.58. The van der Waals surface area contributed by atoms with Crippen molar-refractivity contribution in [3.63, 3.8) is 0 Å². The van der Waals surface area contributed by atoms with Gasteiger partial charge in [0.2, 0.25) is 0 Å². The normalized spacial score (nSPS) is 12.9. The first-order valence-electron chi connectivity index (χ1n) is 4.87. The van der Waals surface area contributed by atoms with E-state index in [1.165, 1.54) is 5.19 Å². The van der Waals surface area contributed by atoms with E-state index in [1.54, 1.807) is 5.19 Å². The first-order chi connectivity index (χ1) is 6.15. The third-order valence-electron chi connectivity index (χ3n) is 2.48. The Morgan fingerprint density at radius 1 is 1.00 bits per heavy atom. The molecule has 70 valence electrons. The van der Waals surface area contributed by atoms with Gasteiger partial charge in [-0.25, -0.2) is 0 Å². The molecule has 0 aliphatic carbocycles. The van der Waals surface area contributed by atoms with Crippen LogP contribution in [0.4, 0.5) is 0 Å². The van der Waals surface area contributed by atoms with Gasteiger partial charge < -0.3 is 0 Å². The Hall–Kier alpha value is -0.606. The quantitative estimate of drug-likeness (QED) is 0.651. The molecule has 1 atom stereocenters. The summed E-state index contributed by atoms with van der Waals surface area (Å²) in [6.07, 6.45) is 0. The van der Waals surface area contributed by atoms with Gasteiger partial charge in [-0.05, 0) is 0 Å². The van der Waals surface area contributed by atoms with Gasteiger partial charge in [-0.1, -0.05) is 54.3 Å². The van der Waals surface area contributed by atoms with E-state index >= 15 is 0 Å². The predicted octanol–water partition coefficient (Wildman–Crippen LogP) is 1.17. The van der Waals surface area contributed by atoms with E-state index < -0.39 is 17.6 Å². The maximum Gasteiger partial charge on any atom is 0.0903 e. The van der Waals surface area contributed by atoms with Crippen LogP contribution in [0.3, 0.4) is 0 Å². The number of hydrogen-bond acceptors (Lipinski definition) is 0. The molecule has 0 aliphatic heterocycles. The highest BCUT2D eigenvalue weighted by Gasteiger charge is 2.03. The molecule has 1 unspecified atom stereocenters. The molecular formula is C11H18Si2. The van der Waals surface area contributed by atoms with Crippen LogP contribution >= 0.6 is 0 Å². The summed E-state index contributed by atoms with van der Waals surface area (Å²) in [7, 11) is -1.41. The summed E-state index contributed by atoms with van der Waals surface area (Å²) in [5.74, 6) is 0. The minimum Gasteiger partial charge on any atom is -0.107 e. The van der Waals surface area contributed by atoms with Crippen molar-refractivity contribution in [3.05, 3.63) is 36.5 Å². The van der Waals surface area contributed by atoms with Gasteiger partial charge in [-0.3, -0.25) is 0 Å². The molecule has 0 radical (unpaired) electrons. The second-order valence-electron chi connectivity index (χ2n) is 3.85. The number of benzene rings is 1. The van der Waals surface area contributed by atoms with Gasteiger partial charge in [0.15, 0.2) is 0 Å². The van der Waals surface area contributed by atoms with E-state index in [0.717, 1.165) is 0 Å². The van der Waals surface area contributed by atoms with Gasteiger partial charge in [0, 0.05) is 0 Å². The van der Waals surface area contributed by atoms with E-state index in [-0.39, 0.29) is 0 Å². The monoisotopic (exact) mass is 206 g/mol. The highest BCUT2D eigenvalue weighted by Crippen LogP contribution is 1.90. The van der Waals surface area contributed by atoms with Gasteiger partial charge in [-0.2, -0.15) is 0 Å². The zero-order chi connectivity index (χ0) is 9.84. The molecule has 0 aliphatic rings. The number of rotatable bonds is 3. The van der Waals surface area contributed by atoms with Crippen molar-refractivity contribution in [2.75, 3.05) is 0 Å². The summed E-state index contributed by atoms with van der Waals surface area (Å²) in [5.41, 5.74) is 2.13. The lowest BCUT2D eigenvalue weighted by Crippen LogP contribution is -2.29. The maximum atomic E-state index is 3.86. The summed E-state index contributed by atoms with van der Waals surface area (Å²) in [6, 6.07) is 9.19. The smallest absolute Gasteiger partial charge is 0.0903 e. The molecule has 0 aromatic heterocycles. The van der Waals surface area contributed by atoms with Crippen molar-refractivity contribution in [1.29, 1.82) is 0 Å². The van der Waals surface area contributed by atoms with Crippen LogP contribution < -0.4 is 10.4 Å².